The molecule has 0 radical (unpaired) electrons. The van der Waals surface area contributed by atoms with E-state index in [1.807, 2.05) is 55.5 Å². The van der Waals surface area contributed by atoms with Crippen LogP contribution in [-0.4, -0.2) is 46.2 Å². The smallest absolute Gasteiger partial charge is 0.254 e. The van der Waals surface area contributed by atoms with E-state index in [1.165, 1.54) is 0 Å². The molecule has 4 rings (SSSR count). The van der Waals surface area contributed by atoms with Crippen LogP contribution >= 0.6 is 0 Å². The molecule has 0 spiro atoms. The first kappa shape index (κ1) is 21.5. The van der Waals surface area contributed by atoms with Gasteiger partial charge >= 0.3 is 0 Å². The number of nitrogens with one attached hydrogen (secondary N) is 1. The van der Waals surface area contributed by atoms with Gasteiger partial charge in [0.25, 0.3) is 5.91 Å². The van der Waals surface area contributed by atoms with Gasteiger partial charge in [-0.25, -0.2) is 0 Å². The normalized spacial score (nSPS) is 12.0. The molecule has 164 valence electrons. The fourth-order valence-corrected chi connectivity index (χ4v) is 3.99. The molecular weight excluding hydrogens is 402 g/mol. The zero-order valence-corrected chi connectivity index (χ0v) is 18.3. The van der Waals surface area contributed by atoms with Crippen LogP contribution in [0.5, 0.6) is 5.75 Å². The zero-order chi connectivity index (χ0) is 22.5. The number of benzene rings is 2. The third kappa shape index (κ3) is 4.20. The number of nitrogens with zero attached hydrogens (tertiary/aromatic N) is 3. The summed E-state index contributed by atoms with van der Waals surface area (Å²) in [5.74, 6) is 0.575. The molecule has 32 heavy (non-hydrogen) atoms. The highest BCUT2D eigenvalue weighted by molar-refractivity contribution is 5.96. The lowest BCUT2D eigenvalue weighted by Crippen LogP contribution is -2.33. The largest absolute Gasteiger partial charge is 0.493 e. The highest BCUT2D eigenvalue weighted by Gasteiger charge is 2.25. The van der Waals surface area contributed by atoms with Crippen LogP contribution in [0.2, 0.25) is 0 Å². The van der Waals surface area contributed by atoms with Crippen LogP contribution in [0, 0.1) is 0 Å². The van der Waals surface area contributed by atoms with Gasteiger partial charge in [-0.15, -0.1) is 0 Å². The fourth-order valence-electron chi connectivity index (χ4n) is 3.99. The number of rotatable bonds is 8. The molecule has 0 aliphatic heterocycles. The van der Waals surface area contributed by atoms with Gasteiger partial charge in [-0.1, -0.05) is 30.3 Å². The molecule has 2 aromatic heterocycles. The van der Waals surface area contributed by atoms with Gasteiger partial charge in [0, 0.05) is 41.5 Å². The van der Waals surface area contributed by atoms with Crippen molar-refractivity contribution in [2.24, 2.45) is 5.73 Å². The van der Waals surface area contributed by atoms with Crippen molar-refractivity contribution in [2.75, 3.05) is 20.2 Å². The van der Waals surface area contributed by atoms with E-state index in [4.69, 9.17) is 10.5 Å². The summed E-state index contributed by atoms with van der Waals surface area (Å²) in [5.41, 5.74) is 10.2. The summed E-state index contributed by atoms with van der Waals surface area (Å²) in [4.78, 5) is 19.5. The fraction of sp³-hybridized carbons (Fsp3) is 0.240. The summed E-state index contributed by atoms with van der Waals surface area (Å²) in [6, 6.07) is 15.4. The molecule has 1 atom stereocenters. The van der Waals surface area contributed by atoms with E-state index in [-0.39, 0.29) is 11.9 Å². The molecule has 2 heterocycles. The molecule has 0 saturated heterocycles. The van der Waals surface area contributed by atoms with Crippen LogP contribution in [0.3, 0.4) is 0 Å². The Morgan fingerprint density at radius 1 is 1.16 bits per heavy atom. The maximum absolute atomic E-state index is 13.5. The molecule has 0 aliphatic carbocycles. The first-order valence-electron chi connectivity index (χ1n) is 10.7. The van der Waals surface area contributed by atoms with Crippen LogP contribution < -0.4 is 10.5 Å². The lowest BCUT2D eigenvalue weighted by atomic mass is 9.99. The van der Waals surface area contributed by atoms with E-state index < -0.39 is 0 Å². The van der Waals surface area contributed by atoms with Crippen molar-refractivity contribution in [3.05, 3.63) is 78.2 Å². The average Bonchev–Trinajstić information content (AvgIpc) is 3.32. The monoisotopic (exact) mass is 429 g/mol. The van der Waals surface area contributed by atoms with E-state index in [9.17, 15) is 4.79 Å². The molecule has 0 fully saturated rings. The highest BCUT2D eigenvalue weighted by Crippen LogP contribution is 2.33. The van der Waals surface area contributed by atoms with E-state index in [1.54, 1.807) is 30.5 Å². The standard InChI is InChI=1S/C25H27N5O2/c1-3-32-23-13-18(9-10-20(23)17-7-5-4-6-8-17)25(31)30(2)22(11-12-26)21-16-27-14-19-15-28-29-24(19)21/h4-10,13-16,22H,3,11-12,26H2,1-2H3,(H,28,29)/t22-/m1/s1. The summed E-state index contributed by atoms with van der Waals surface area (Å²) in [6.07, 6.45) is 5.85. The number of hydrogen-bond acceptors (Lipinski definition) is 5. The van der Waals surface area contributed by atoms with Gasteiger partial charge in [0.1, 0.15) is 5.75 Å². The summed E-state index contributed by atoms with van der Waals surface area (Å²) in [5, 5.41) is 8.04. The quantitative estimate of drug-likeness (QED) is 0.438. The van der Waals surface area contributed by atoms with Crippen molar-refractivity contribution < 1.29 is 9.53 Å². The minimum atomic E-state index is -0.242. The maximum atomic E-state index is 13.5. The van der Waals surface area contributed by atoms with E-state index in [2.05, 4.69) is 15.2 Å². The number of carbonyl (C=O) groups excluding carboxylic acids is 1. The van der Waals surface area contributed by atoms with Crippen molar-refractivity contribution >= 4 is 16.8 Å². The van der Waals surface area contributed by atoms with Gasteiger partial charge in [0.05, 0.1) is 24.4 Å². The Bertz CT molecular complexity index is 1210. The van der Waals surface area contributed by atoms with E-state index >= 15 is 0 Å². The SMILES string of the molecule is CCOc1cc(C(=O)N(C)[C@H](CCN)c2cncc3cn[nH]c23)ccc1-c1ccccc1. The first-order chi connectivity index (χ1) is 15.6. The maximum Gasteiger partial charge on any atom is 0.254 e. The predicted octanol–water partition coefficient (Wildman–Crippen LogP) is 4.19. The van der Waals surface area contributed by atoms with Crippen LogP contribution in [0.4, 0.5) is 0 Å². The summed E-state index contributed by atoms with van der Waals surface area (Å²) in [6.45, 7) is 2.88. The van der Waals surface area contributed by atoms with Crippen molar-refractivity contribution in [1.82, 2.24) is 20.1 Å². The minimum Gasteiger partial charge on any atom is -0.493 e. The predicted molar refractivity (Wildman–Crippen MR) is 125 cm³/mol. The lowest BCUT2D eigenvalue weighted by Gasteiger charge is -2.29. The number of ether oxygens (including phenoxy) is 1. The van der Waals surface area contributed by atoms with Gasteiger partial charge in [0.2, 0.25) is 0 Å². The summed E-state index contributed by atoms with van der Waals surface area (Å²) < 4.78 is 5.89. The van der Waals surface area contributed by atoms with Gasteiger partial charge in [-0.3, -0.25) is 14.9 Å². The first-order valence-corrected chi connectivity index (χ1v) is 10.7. The number of fused-ring (bicyclic) bond motifs is 1. The molecule has 7 nitrogen and oxygen atoms in total. The number of aromatic nitrogens is 3. The Balaban J connectivity index is 1.69. The summed E-state index contributed by atoms with van der Waals surface area (Å²) in [7, 11) is 1.79. The van der Waals surface area contributed by atoms with Gasteiger partial charge in [-0.2, -0.15) is 5.10 Å². The molecule has 7 heteroatoms. The average molecular weight is 430 g/mol. The van der Waals surface area contributed by atoms with Crippen LogP contribution in [0.1, 0.15) is 35.3 Å². The molecule has 4 aromatic rings. The topological polar surface area (TPSA) is 97.1 Å². The second-order valence-corrected chi connectivity index (χ2v) is 7.58. The van der Waals surface area contributed by atoms with E-state index in [0.29, 0.717) is 30.9 Å². The molecule has 3 N–H and O–H groups in total. The summed E-state index contributed by atoms with van der Waals surface area (Å²) >= 11 is 0. The second-order valence-electron chi connectivity index (χ2n) is 7.58. The zero-order valence-electron chi connectivity index (χ0n) is 18.3. The Kier molecular flexibility index (Phi) is 6.47. The van der Waals surface area contributed by atoms with Gasteiger partial charge < -0.3 is 15.4 Å². The van der Waals surface area contributed by atoms with Gasteiger partial charge in [0.15, 0.2) is 0 Å². The highest BCUT2D eigenvalue weighted by atomic mass is 16.5. The number of H-pyrrole nitrogens is 1. The number of amides is 1. The van der Waals surface area contributed by atoms with Crippen LogP contribution in [0.25, 0.3) is 22.0 Å². The molecule has 2 aromatic carbocycles. The van der Waals surface area contributed by atoms with E-state index in [0.717, 1.165) is 27.6 Å². The number of pyridine rings is 1. The Morgan fingerprint density at radius 3 is 2.72 bits per heavy atom. The Hall–Kier alpha value is -3.71. The third-order valence-electron chi connectivity index (χ3n) is 5.58. The van der Waals surface area contributed by atoms with Crippen LogP contribution in [-0.2, 0) is 0 Å². The molecular formula is C25H27N5O2. The number of nitrogens with two attached hydrogens (primary N) is 1. The number of aromatic amines is 1. The molecule has 0 aliphatic rings. The van der Waals surface area contributed by atoms with Crippen molar-refractivity contribution in [2.45, 2.75) is 19.4 Å². The van der Waals surface area contributed by atoms with Gasteiger partial charge in [-0.05, 0) is 43.7 Å². The van der Waals surface area contributed by atoms with Crippen molar-refractivity contribution in [1.29, 1.82) is 0 Å². The minimum absolute atomic E-state index is 0.111. The van der Waals surface area contributed by atoms with Crippen molar-refractivity contribution in [3.8, 4) is 16.9 Å². The Labute approximate surface area is 187 Å². The molecule has 0 bridgehead atoms. The second kappa shape index (κ2) is 9.62. The van der Waals surface area contributed by atoms with Crippen LogP contribution in [0.15, 0.2) is 67.1 Å². The number of carbonyl (C=O) groups is 1. The lowest BCUT2D eigenvalue weighted by molar-refractivity contribution is 0.0724. The number of hydrogen-bond donors (Lipinski definition) is 2. The molecule has 0 unspecified atom stereocenters. The molecule has 1 amide bonds. The molecule has 0 saturated carbocycles. The Morgan fingerprint density at radius 2 is 1.97 bits per heavy atom. The third-order valence-corrected chi connectivity index (χ3v) is 5.58. The van der Waals surface area contributed by atoms with Crippen molar-refractivity contribution in [3.63, 3.8) is 0 Å².